The zero-order valence-corrected chi connectivity index (χ0v) is 12.6. The summed E-state index contributed by atoms with van der Waals surface area (Å²) >= 11 is 0. The summed E-state index contributed by atoms with van der Waals surface area (Å²) < 4.78 is 25.3. The molecule has 21 heavy (non-hydrogen) atoms. The first-order valence-electron chi connectivity index (χ1n) is 6.32. The predicted octanol–water partition coefficient (Wildman–Crippen LogP) is 0.578. The zero-order chi connectivity index (χ0) is 16.0. The minimum absolute atomic E-state index is 0.0270. The zero-order valence-electron chi connectivity index (χ0n) is 11.8. The normalized spacial score (nSPS) is 12.7. The van der Waals surface area contributed by atoms with Gasteiger partial charge in [-0.2, -0.15) is 0 Å². The van der Waals surface area contributed by atoms with Gasteiger partial charge in [-0.15, -0.1) is 0 Å². The molecule has 0 aromatic heterocycles. The number of aliphatic carboxylic acids is 1. The van der Waals surface area contributed by atoms with Gasteiger partial charge >= 0.3 is 5.97 Å². The first-order valence-corrected chi connectivity index (χ1v) is 7.81. The Kier molecular flexibility index (Phi) is 5.86. The Morgan fingerprint density at radius 2 is 1.81 bits per heavy atom. The molecule has 0 fully saturated rings. The highest BCUT2D eigenvalue weighted by molar-refractivity contribution is 7.89. The third-order valence-electron chi connectivity index (χ3n) is 2.86. The van der Waals surface area contributed by atoms with Crippen molar-refractivity contribution in [3.05, 3.63) is 29.8 Å². The second kappa shape index (κ2) is 7.19. The molecule has 1 unspecified atom stereocenters. The van der Waals surface area contributed by atoms with E-state index in [-0.39, 0.29) is 23.3 Å². The first kappa shape index (κ1) is 17.1. The fourth-order valence-electron chi connectivity index (χ4n) is 1.62. The Balaban J connectivity index is 2.70. The highest BCUT2D eigenvalue weighted by atomic mass is 32.2. The van der Waals surface area contributed by atoms with E-state index in [0.29, 0.717) is 12.0 Å². The largest absolute Gasteiger partial charge is 0.481 e. The molecular formula is C13H18N2O5S. The molecule has 0 spiro atoms. The SMILES string of the molecule is CNS(=O)(=O)c1ccc(C(=O)NC(C)CCC(=O)O)cc1. The molecule has 0 aliphatic carbocycles. The average Bonchev–Trinajstić information content (AvgIpc) is 2.45. The summed E-state index contributed by atoms with van der Waals surface area (Å²) in [5, 5.41) is 11.2. The van der Waals surface area contributed by atoms with Gasteiger partial charge in [0.2, 0.25) is 10.0 Å². The van der Waals surface area contributed by atoms with Crippen LogP contribution >= 0.6 is 0 Å². The van der Waals surface area contributed by atoms with Gasteiger partial charge in [-0.1, -0.05) is 0 Å². The Hall–Kier alpha value is -1.93. The van der Waals surface area contributed by atoms with Gasteiger partial charge in [0.25, 0.3) is 5.91 Å². The van der Waals surface area contributed by atoms with Crippen LogP contribution in [0.4, 0.5) is 0 Å². The number of rotatable bonds is 7. The number of amides is 1. The monoisotopic (exact) mass is 314 g/mol. The highest BCUT2D eigenvalue weighted by Gasteiger charge is 2.14. The maximum Gasteiger partial charge on any atom is 0.303 e. The minimum atomic E-state index is -3.53. The van der Waals surface area contributed by atoms with Crippen molar-refractivity contribution in [3.63, 3.8) is 0 Å². The summed E-state index contributed by atoms with van der Waals surface area (Å²) in [6.45, 7) is 1.71. The molecule has 0 aliphatic rings. The number of carbonyl (C=O) groups excluding carboxylic acids is 1. The van der Waals surface area contributed by atoms with E-state index >= 15 is 0 Å². The molecule has 0 aliphatic heterocycles. The fourth-order valence-corrected chi connectivity index (χ4v) is 2.35. The molecular weight excluding hydrogens is 296 g/mol. The predicted molar refractivity (Wildman–Crippen MR) is 76.5 cm³/mol. The van der Waals surface area contributed by atoms with Crippen molar-refractivity contribution in [3.8, 4) is 0 Å². The molecule has 8 heteroatoms. The van der Waals surface area contributed by atoms with Crippen LogP contribution in [0.1, 0.15) is 30.1 Å². The first-order chi connectivity index (χ1) is 9.76. The highest BCUT2D eigenvalue weighted by Crippen LogP contribution is 2.10. The average molecular weight is 314 g/mol. The summed E-state index contributed by atoms with van der Waals surface area (Å²) in [4.78, 5) is 22.4. The van der Waals surface area contributed by atoms with Crippen LogP contribution in [-0.2, 0) is 14.8 Å². The van der Waals surface area contributed by atoms with E-state index in [1.807, 2.05) is 0 Å². The van der Waals surface area contributed by atoms with Crippen molar-refractivity contribution in [1.82, 2.24) is 10.0 Å². The minimum Gasteiger partial charge on any atom is -0.481 e. The number of carboxylic acids is 1. The maximum atomic E-state index is 11.9. The summed E-state index contributed by atoms with van der Waals surface area (Å²) in [6.07, 6.45) is 0.300. The van der Waals surface area contributed by atoms with Crippen LogP contribution in [0, 0.1) is 0 Å². The molecule has 0 radical (unpaired) electrons. The van der Waals surface area contributed by atoms with E-state index in [0.717, 1.165) is 0 Å². The van der Waals surface area contributed by atoms with Crippen LogP contribution < -0.4 is 10.0 Å². The van der Waals surface area contributed by atoms with Crippen molar-refractivity contribution >= 4 is 21.9 Å². The molecule has 1 aromatic rings. The van der Waals surface area contributed by atoms with Gasteiger partial charge in [0.05, 0.1) is 4.90 Å². The van der Waals surface area contributed by atoms with Crippen molar-refractivity contribution in [2.24, 2.45) is 0 Å². The molecule has 0 saturated heterocycles. The third-order valence-corrected chi connectivity index (χ3v) is 4.29. The second-order valence-corrected chi connectivity index (χ2v) is 6.43. The van der Waals surface area contributed by atoms with E-state index in [4.69, 9.17) is 5.11 Å². The fraction of sp³-hybridized carbons (Fsp3) is 0.385. The molecule has 0 heterocycles. The number of nitrogens with one attached hydrogen (secondary N) is 2. The lowest BCUT2D eigenvalue weighted by Gasteiger charge is -2.13. The topological polar surface area (TPSA) is 113 Å². The Morgan fingerprint density at radius 3 is 2.29 bits per heavy atom. The number of hydrogen-bond donors (Lipinski definition) is 3. The van der Waals surface area contributed by atoms with Gasteiger partial charge in [-0.05, 0) is 44.7 Å². The number of carboxylic acid groups (broad SMARTS) is 1. The maximum absolute atomic E-state index is 11.9. The van der Waals surface area contributed by atoms with Gasteiger partial charge in [0.15, 0.2) is 0 Å². The molecule has 1 aromatic carbocycles. The molecule has 0 bridgehead atoms. The summed E-state index contributed by atoms with van der Waals surface area (Å²) in [7, 11) is -2.22. The Morgan fingerprint density at radius 1 is 1.24 bits per heavy atom. The quantitative estimate of drug-likeness (QED) is 0.681. The Bertz CT molecular complexity index is 610. The lowest BCUT2D eigenvalue weighted by Crippen LogP contribution is -2.33. The number of benzene rings is 1. The van der Waals surface area contributed by atoms with Crippen LogP contribution in [-0.4, -0.2) is 38.5 Å². The third kappa shape index (κ3) is 5.16. The van der Waals surface area contributed by atoms with Crippen LogP contribution in [0.15, 0.2) is 29.2 Å². The van der Waals surface area contributed by atoms with Gasteiger partial charge in [-0.3, -0.25) is 9.59 Å². The lowest BCUT2D eigenvalue weighted by molar-refractivity contribution is -0.137. The number of carbonyl (C=O) groups is 2. The number of sulfonamides is 1. The van der Waals surface area contributed by atoms with Gasteiger partial charge in [-0.25, -0.2) is 13.1 Å². The van der Waals surface area contributed by atoms with Crippen LogP contribution in [0.5, 0.6) is 0 Å². The van der Waals surface area contributed by atoms with E-state index in [1.165, 1.54) is 31.3 Å². The molecule has 1 rings (SSSR count). The van der Waals surface area contributed by atoms with E-state index < -0.39 is 16.0 Å². The van der Waals surface area contributed by atoms with Gasteiger partial charge in [0.1, 0.15) is 0 Å². The lowest BCUT2D eigenvalue weighted by atomic mass is 10.1. The van der Waals surface area contributed by atoms with Gasteiger partial charge in [0, 0.05) is 18.0 Å². The van der Waals surface area contributed by atoms with Gasteiger partial charge < -0.3 is 10.4 Å². The van der Waals surface area contributed by atoms with Crippen molar-refractivity contribution in [1.29, 1.82) is 0 Å². The van der Waals surface area contributed by atoms with Crippen LogP contribution in [0.3, 0.4) is 0 Å². The second-order valence-electron chi connectivity index (χ2n) is 4.54. The van der Waals surface area contributed by atoms with Crippen LogP contribution in [0.2, 0.25) is 0 Å². The number of hydrogen-bond acceptors (Lipinski definition) is 4. The Labute approximate surface area is 123 Å². The van der Waals surface area contributed by atoms with Crippen molar-refractivity contribution in [2.75, 3.05) is 7.05 Å². The summed E-state index contributed by atoms with van der Waals surface area (Å²) in [6, 6.07) is 5.20. The van der Waals surface area contributed by atoms with E-state index in [9.17, 15) is 18.0 Å². The van der Waals surface area contributed by atoms with Crippen molar-refractivity contribution < 1.29 is 23.1 Å². The molecule has 3 N–H and O–H groups in total. The summed E-state index contributed by atoms with van der Waals surface area (Å²) in [5.41, 5.74) is 0.312. The van der Waals surface area contributed by atoms with Crippen LogP contribution in [0.25, 0.3) is 0 Å². The van der Waals surface area contributed by atoms with E-state index in [1.54, 1.807) is 6.92 Å². The molecule has 0 saturated carbocycles. The standard InChI is InChI=1S/C13H18N2O5S/c1-9(3-8-12(16)17)15-13(18)10-4-6-11(7-5-10)21(19,20)14-2/h4-7,9,14H,3,8H2,1-2H3,(H,15,18)(H,16,17). The molecule has 1 amide bonds. The molecule has 116 valence electrons. The molecule has 7 nitrogen and oxygen atoms in total. The van der Waals surface area contributed by atoms with E-state index in [2.05, 4.69) is 10.0 Å². The summed E-state index contributed by atoms with van der Waals surface area (Å²) in [5.74, 6) is -1.29. The van der Waals surface area contributed by atoms with Crippen molar-refractivity contribution in [2.45, 2.75) is 30.7 Å². The molecule has 1 atom stereocenters. The smallest absolute Gasteiger partial charge is 0.303 e.